The number of allylic oxidation sites excluding steroid dienone is 1. The van der Waals surface area contributed by atoms with Crippen LogP contribution in [0.15, 0.2) is 24.9 Å². The SMILES string of the molecule is C=CC(=C)N.[B]. The molecule has 0 fully saturated rings. The van der Waals surface area contributed by atoms with Crippen molar-refractivity contribution in [2.45, 2.75) is 0 Å². The maximum absolute atomic E-state index is 4.98. The second-order valence-electron chi connectivity index (χ2n) is 0.779. The Hall–Kier alpha value is -0.655. The third-order valence-electron chi connectivity index (χ3n) is 0.262. The molecule has 1 nitrogen and oxygen atoms in total. The predicted octanol–water partition coefficient (Wildman–Crippen LogP) is 0.264. The van der Waals surface area contributed by atoms with Gasteiger partial charge in [0, 0.05) is 14.1 Å². The van der Waals surface area contributed by atoms with Gasteiger partial charge in [-0.05, 0) is 6.08 Å². The van der Waals surface area contributed by atoms with E-state index >= 15 is 0 Å². The molecule has 0 amide bonds. The third kappa shape index (κ3) is 10.2. The first kappa shape index (κ1) is 9.02. The number of rotatable bonds is 1. The standard InChI is InChI=1S/C4H7N.B/c1-3-4(2)5;/h3H,1-2,5H2;. The molecule has 3 radical (unpaired) electrons. The lowest BCUT2D eigenvalue weighted by molar-refractivity contribution is 1.46. The van der Waals surface area contributed by atoms with Crippen LogP contribution in [0.5, 0.6) is 0 Å². The molecule has 0 aliphatic heterocycles. The van der Waals surface area contributed by atoms with Gasteiger partial charge in [0.05, 0.1) is 0 Å². The molecule has 0 heterocycles. The van der Waals surface area contributed by atoms with Crippen LogP contribution in [0.4, 0.5) is 0 Å². The molecule has 0 atom stereocenters. The van der Waals surface area contributed by atoms with Crippen LogP contribution in [-0.4, -0.2) is 8.41 Å². The van der Waals surface area contributed by atoms with Gasteiger partial charge in [0.15, 0.2) is 0 Å². The van der Waals surface area contributed by atoms with Crippen molar-refractivity contribution in [1.82, 2.24) is 0 Å². The monoisotopic (exact) mass is 80.1 g/mol. The van der Waals surface area contributed by atoms with Crippen LogP contribution in [0.1, 0.15) is 0 Å². The van der Waals surface area contributed by atoms with Gasteiger partial charge in [0.2, 0.25) is 0 Å². The van der Waals surface area contributed by atoms with Crippen molar-refractivity contribution in [2.75, 3.05) is 0 Å². The molecule has 6 heavy (non-hydrogen) atoms. The lowest BCUT2D eigenvalue weighted by Crippen LogP contribution is -1.86. The summed E-state index contributed by atoms with van der Waals surface area (Å²) in [5.74, 6) is 0. The van der Waals surface area contributed by atoms with Crippen molar-refractivity contribution >= 4 is 8.41 Å². The molecule has 0 rings (SSSR count). The van der Waals surface area contributed by atoms with Crippen LogP contribution in [0.25, 0.3) is 0 Å². The summed E-state index contributed by atoms with van der Waals surface area (Å²) in [6.07, 6.45) is 1.50. The minimum atomic E-state index is 0. The summed E-state index contributed by atoms with van der Waals surface area (Å²) in [6.45, 7) is 6.67. The van der Waals surface area contributed by atoms with Gasteiger partial charge in [-0.2, -0.15) is 0 Å². The van der Waals surface area contributed by atoms with Crippen molar-refractivity contribution in [1.29, 1.82) is 0 Å². The van der Waals surface area contributed by atoms with Crippen LogP contribution >= 0.6 is 0 Å². The average molecular weight is 79.9 g/mol. The highest BCUT2D eigenvalue weighted by Gasteiger charge is 1.58. The fourth-order valence-corrected chi connectivity index (χ4v) is 0. The topological polar surface area (TPSA) is 26.0 Å². The number of hydrogen-bond donors (Lipinski definition) is 1. The average Bonchev–Trinajstić information content (AvgIpc) is 1.38. The first-order valence-electron chi connectivity index (χ1n) is 1.34. The first-order chi connectivity index (χ1) is 2.27. The van der Waals surface area contributed by atoms with E-state index in [2.05, 4.69) is 13.2 Å². The third-order valence-corrected chi connectivity index (χ3v) is 0.262. The Labute approximate surface area is 40.1 Å². The zero-order chi connectivity index (χ0) is 4.28. The molecule has 0 aromatic heterocycles. The van der Waals surface area contributed by atoms with E-state index in [1.165, 1.54) is 6.08 Å². The Balaban J connectivity index is 0. The molecular formula is C4H7BN. The van der Waals surface area contributed by atoms with Crippen LogP contribution in [-0.2, 0) is 0 Å². The number of hydrogen-bond acceptors (Lipinski definition) is 1. The van der Waals surface area contributed by atoms with Crippen LogP contribution in [0, 0.1) is 0 Å². The maximum Gasteiger partial charge on any atom is 0.0234 e. The summed E-state index contributed by atoms with van der Waals surface area (Å²) >= 11 is 0. The molecule has 2 N–H and O–H groups in total. The largest absolute Gasteiger partial charge is 0.399 e. The Bertz CT molecular complexity index is 58.6. The normalized spacial score (nSPS) is 5.33. The summed E-state index contributed by atoms with van der Waals surface area (Å²) < 4.78 is 0. The van der Waals surface area contributed by atoms with Gasteiger partial charge in [-0.3, -0.25) is 0 Å². The van der Waals surface area contributed by atoms with E-state index < -0.39 is 0 Å². The van der Waals surface area contributed by atoms with E-state index in [0.29, 0.717) is 5.70 Å². The van der Waals surface area contributed by atoms with Gasteiger partial charge < -0.3 is 5.73 Å². The minimum Gasteiger partial charge on any atom is -0.399 e. The second-order valence-corrected chi connectivity index (χ2v) is 0.779. The van der Waals surface area contributed by atoms with Gasteiger partial charge in [0.25, 0.3) is 0 Å². The van der Waals surface area contributed by atoms with Gasteiger partial charge in [-0.25, -0.2) is 0 Å². The van der Waals surface area contributed by atoms with Gasteiger partial charge in [0.1, 0.15) is 0 Å². The highest BCUT2D eigenvalue weighted by Crippen LogP contribution is 1.69. The second kappa shape index (κ2) is 4.34. The van der Waals surface area contributed by atoms with E-state index in [0.717, 1.165) is 0 Å². The van der Waals surface area contributed by atoms with Crippen LogP contribution < -0.4 is 5.73 Å². The maximum atomic E-state index is 4.98. The lowest BCUT2D eigenvalue weighted by atomic mass is 10.5. The molecule has 2 heteroatoms. The van der Waals surface area contributed by atoms with Crippen molar-refractivity contribution in [3.8, 4) is 0 Å². The lowest BCUT2D eigenvalue weighted by Gasteiger charge is -1.74. The minimum absolute atomic E-state index is 0. The summed E-state index contributed by atoms with van der Waals surface area (Å²) in [4.78, 5) is 0. The fraction of sp³-hybridized carbons (Fsp3) is 0. The van der Waals surface area contributed by atoms with Gasteiger partial charge in [-0.15, -0.1) is 0 Å². The molecule has 0 saturated heterocycles. The highest BCUT2D eigenvalue weighted by atomic mass is 14.5. The summed E-state index contributed by atoms with van der Waals surface area (Å²) in [7, 11) is 0. The first-order valence-corrected chi connectivity index (χ1v) is 1.34. The Morgan fingerprint density at radius 2 is 1.83 bits per heavy atom. The Morgan fingerprint density at radius 1 is 1.67 bits per heavy atom. The van der Waals surface area contributed by atoms with E-state index in [1.54, 1.807) is 0 Å². The Morgan fingerprint density at radius 3 is 1.83 bits per heavy atom. The molecule has 0 aliphatic rings. The molecule has 0 aliphatic carbocycles. The van der Waals surface area contributed by atoms with Crippen molar-refractivity contribution in [3.05, 3.63) is 24.9 Å². The summed E-state index contributed by atoms with van der Waals surface area (Å²) in [5.41, 5.74) is 5.50. The predicted molar refractivity (Wildman–Crippen MR) is 29.3 cm³/mol. The summed E-state index contributed by atoms with van der Waals surface area (Å²) in [5, 5.41) is 0. The van der Waals surface area contributed by atoms with Gasteiger partial charge >= 0.3 is 0 Å². The van der Waals surface area contributed by atoms with Crippen molar-refractivity contribution < 1.29 is 0 Å². The molecule has 31 valence electrons. The molecule has 0 bridgehead atoms. The van der Waals surface area contributed by atoms with E-state index in [4.69, 9.17) is 5.73 Å². The zero-order valence-electron chi connectivity index (χ0n) is 3.65. The van der Waals surface area contributed by atoms with Crippen LogP contribution in [0.2, 0.25) is 0 Å². The molecule has 0 aromatic carbocycles. The summed E-state index contributed by atoms with van der Waals surface area (Å²) in [6, 6.07) is 0. The molecule has 0 saturated carbocycles. The fourth-order valence-electron chi connectivity index (χ4n) is 0. The van der Waals surface area contributed by atoms with E-state index in [1.807, 2.05) is 0 Å². The molecule has 0 unspecified atom stereocenters. The van der Waals surface area contributed by atoms with Gasteiger partial charge in [-0.1, -0.05) is 13.2 Å². The Kier molecular flexibility index (Phi) is 6.53. The zero-order valence-corrected chi connectivity index (χ0v) is 3.65. The molecule has 0 aromatic rings. The molecular weight excluding hydrogens is 72.9 g/mol. The van der Waals surface area contributed by atoms with Crippen LogP contribution in [0.3, 0.4) is 0 Å². The highest BCUT2D eigenvalue weighted by molar-refractivity contribution is 5.75. The quantitative estimate of drug-likeness (QED) is 0.355. The van der Waals surface area contributed by atoms with Crippen molar-refractivity contribution in [2.24, 2.45) is 5.73 Å². The van der Waals surface area contributed by atoms with E-state index in [-0.39, 0.29) is 8.41 Å². The van der Waals surface area contributed by atoms with Crippen molar-refractivity contribution in [3.63, 3.8) is 0 Å². The smallest absolute Gasteiger partial charge is 0.0234 e. The number of nitrogens with two attached hydrogens (primary N) is 1. The molecule has 0 spiro atoms. The van der Waals surface area contributed by atoms with E-state index in [9.17, 15) is 0 Å².